The summed E-state index contributed by atoms with van der Waals surface area (Å²) in [6.07, 6.45) is 2.06. The summed E-state index contributed by atoms with van der Waals surface area (Å²) in [6.45, 7) is 1.74. The van der Waals surface area contributed by atoms with Crippen molar-refractivity contribution in [1.29, 1.82) is 0 Å². The molecule has 2 aromatic carbocycles. The molecule has 4 heteroatoms. The van der Waals surface area contributed by atoms with Gasteiger partial charge in [0.15, 0.2) is 5.96 Å². The van der Waals surface area contributed by atoms with Crippen LogP contribution in [0.15, 0.2) is 59.6 Å². The molecule has 0 saturated carbocycles. The topological polar surface area (TPSA) is 36.9 Å². The van der Waals surface area contributed by atoms with Crippen LogP contribution in [0.5, 0.6) is 5.75 Å². The first kappa shape index (κ1) is 17.9. The second kappa shape index (κ2) is 9.60. The molecule has 2 aromatic rings. The van der Waals surface area contributed by atoms with Gasteiger partial charge in [-0.2, -0.15) is 0 Å². The molecule has 0 heterocycles. The lowest BCUT2D eigenvalue weighted by atomic mass is 10.1. The summed E-state index contributed by atoms with van der Waals surface area (Å²) in [5.74, 6) is 1.84. The van der Waals surface area contributed by atoms with E-state index in [1.165, 1.54) is 11.1 Å². The second-order valence-corrected chi connectivity index (χ2v) is 5.77. The van der Waals surface area contributed by atoms with E-state index in [9.17, 15) is 0 Å². The van der Waals surface area contributed by atoms with Crippen molar-refractivity contribution in [2.75, 3.05) is 27.7 Å². The van der Waals surface area contributed by atoms with Gasteiger partial charge in [0.1, 0.15) is 5.75 Å². The molecule has 0 aliphatic carbocycles. The average molecular weight is 325 g/mol. The van der Waals surface area contributed by atoms with Gasteiger partial charge in [-0.3, -0.25) is 4.99 Å². The first-order chi connectivity index (χ1) is 11.7. The van der Waals surface area contributed by atoms with Crippen molar-refractivity contribution in [3.05, 3.63) is 65.7 Å². The quantitative estimate of drug-likeness (QED) is 0.482. The third-order valence-corrected chi connectivity index (χ3v) is 3.90. The van der Waals surface area contributed by atoms with E-state index in [2.05, 4.69) is 58.7 Å². The normalized spacial score (nSPS) is 11.2. The molecule has 2 rings (SSSR count). The highest BCUT2D eigenvalue weighted by atomic mass is 16.5. The molecule has 128 valence electrons. The molecule has 0 saturated heterocycles. The van der Waals surface area contributed by atoms with Gasteiger partial charge in [0.05, 0.1) is 7.11 Å². The number of rotatable bonds is 7. The minimum atomic E-state index is 0.844. The third-order valence-electron chi connectivity index (χ3n) is 3.90. The molecule has 0 aliphatic rings. The summed E-state index contributed by atoms with van der Waals surface area (Å²) in [5, 5.41) is 3.43. The Balaban J connectivity index is 1.77. The van der Waals surface area contributed by atoms with Crippen molar-refractivity contribution < 1.29 is 4.74 Å². The van der Waals surface area contributed by atoms with Gasteiger partial charge < -0.3 is 15.0 Å². The molecule has 0 unspecified atom stereocenters. The van der Waals surface area contributed by atoms with Crippen LogP contribution in [0.2, 0.25) is 0 Å². The summed E-state index contributed by atoms with van der Waals surface area (Å²) in [6, 6.07) is 18.7. The molecular weight excluding hydrogens is 298 g/mol. The van der Waals surface area contributed by atoms with Gasteiger partial charge in [-0.25, -0.2) is 0 Å². The minimum absolute atomic E-state index is 0.844. The molecule has 1 N–H and O–H groups in total. The van der Waals surface area contributed by atoms with E-state index in [0.717, 1.165) is 37.6 Å². The van der Waals surface area contributed by atoms with E-state index in [4.69, 9.17) is 4.74 Å². The van der Waals surface area contributed by atoms with Crippen LogP contribution >= 0.6 is 0 Å². The van der Waals surface area contributed by atoms with E-state index in [0.29, 0.717) is 0 Å². The van der Waals surface area contributed by atoms with E-state index in [1.54, 1.807) is 7.11 Å². The lowest BCUT2D eigenvalue weighted by Gasteiger charge is -2.22. The van der Waals surface area contributed by atoms with Gasteiger partial charge in [0.2, 0.25) is 0 Å². The Kier molecular flexibility index (Phi) is 7.15. The summed E-state index contributed by atoms with van der Waals surface area (Å²) in [7, 11) is 5.59. The lowest BCUT2D eigenvalue weighted by molar-refractivity contribution is 0.414. The number of benzene rings is 2. The molecule has 0 radical (unpaired) electrons. The largest absolute Gasteiger partial charge is 0.497 e. The predicted molar refractivity (Wildman–Crippen MR) is 101 cm³/mol. The van der Waals surface area contributed by atoms with Crippen molar-refractivity contribution in [3.63, 3.8) is 0 Å². The van der Waals surface area contributed by atoms with Crippen LogP contribution in [0.1, 0.15) is 17.5 Å². The number of guanidine groups is 1. The van der Waals surface area contributed by atoms with Crippen molar-refractivity contribution in [3.8, 4) is 5.75 Å². The molecule has 0 bridgehead atoms. The summed E-state index contributed by atoms with van der Waals surface area (Å²) in [5.41, 5.74) is 2.57. The molecule has 0 aliphatic heterocycles. The van der Waals surface area contributed by atoms with Crippen molar-refractivity contribution >= 4 is 5.96 Å². The van der Waals surface area contributed by atoms with Crippen LogP contribution in [0, 0.1) is 0 Å². The van der Waals surface area contributed by atoms with E-state index < -0.39 is 0 Å². The number of hydrogen-bond donors (Lipinski definition) is 1. The molecule has 24 heavy (non-hydrogen) atoms. The zero-order valence-electron chi connectivity index (χ0n) is 14.8. The van der Waals surface area contributed by atoms with Crippen molar-refractivity contribution in [1.82, 2.24) is 10.2 Å². The maximum atomic E-state index is 5.26. The molecule has 0 fully saturated rings. The highest BCUT2D eigenvalue weighted by Gasteiger charge is 2.06. The fraction of sp³-hybridized carbons (Fsp3) is 0.350. The lowest BCUT2D eigenvalue weighted by Crippen LogP contribution is -2.38. The number of ether oxygens (including phenoxy) is 1. The predicted octanol–water partition coefficient (Wildman–Crippen LogP) is 3.34. The van der Waals surface area contributed by atoms with E-state index >= 15 is 0 Å². The zero-order chi connectivity index (χ0) is 17.2. The fourth-order valence-electron chi connectivity index (χ4n) is 2.64. The van der Waals surface area contributed by atoms with Crippen LogP contribution in [-0.4, -0.2) is 38.6 Å². The maximum Gasteiger partial charge on any atom is 0.193 e. The average Bonchev–Trinajstić information content (AvgIpc) is 2.62. The van der Waals surface area contributed by atoms with Crippen molar-refractivity contribution in [2.24, 2.45) is 4.99 Å². The number of aryl methyl sites for hydroxylation is 1. The van der Waals surface area contributed by atoms with Crippen molar-refractivity contribution in [2.45, 2.75) is 19.4 Å². The number of methoxy groups -OCH3 is 1. The molecule has 0 aromatic heterocycles. The highest BCUT2D eigenvalue weighted by Crippen LogP contribution is 2.13. The Labute approximate surface area is 145 Å². The summed E-state index contributed by atoms with van der Waals surface area (Å²) < 4.78 is 5.26. The SMILES string of the molecule is CN=C(NCCCc1cccc(OC)c1)N(C)Cc1ccccc1. The number of nitrogens with zero attached hydrogens (tertiary/aromatic N) is 2. The minimum Gasteiger partial charge on any atom is -0.497 e. The molecule has 4 nitrogen and oxygen atoms in total. The summed E-state index contributed by atoms with van der Waals surface area (Å²) in [4.78, 5) is 6.51. The van der Waals surface area contributed by atoms with Gasteiger partial charge in [-0.1, -0.05) is 42.5 Å². The van der Waals surface area contributed by atoms with Gasteiger partial charge >= 0.3 is 0 Å². The Hall–Kier alpha value is -2.49. The standard InChI is InChI=1S/C20H27N3O/c1-21-20(23(2)16-18-9-5-4-6-10-18)22-14-8-12-17-11-7-13-19(15-17)24-3/h4-7,9-11,13,15H,8,12,14,16H2,1-3H3,(H,21,22). The Morgan fingerprint density at radius 2 is 1.83 bits per heavy atom. The highest BCUT2D eigenvalue weighted by molar-refractivity contribution is 5.79. The number of nitrogens with one attached hydrogen (secondary N) is 1. The van der Waals surface area contributed by atoms with Crippen LogP contribution in [0.25, 0.3) is 0 Å². The Morgan fingerprint density at radius 3 is 2.54 bits per heavy atom. The van der Waals surface area contributed by atoms with E-state index in [1.807, 2.05) is 25.2 Å². The van der Waals surface area contributed by atoms with Crippen LogP contribution in [-0.2, 0) is 13.0 Å². The van der Waals surface area contributed by atoms with Crippen LogP contribution in [0.4, 0.5) is 0 Å². The van der Waals surface area contributed by atoms with Gasteiger partial charge in [0, 0.05) is 27.2 Å². The summed E-state index contributed by atoms with van der Waals surface area (Å²) >= 11 is 0. The second-order valence-electron chi connectivity index (χ2n) is 5.77. The Bertz CT molecular complexity index is 640. The fourth-order valence-corrected chi connectivity index (χ4v) is 2.64. The molecule has 0 spiro atoms. The molecule has 0 amide bonds. The van der Waals surface area contributed by atoms with Gasteiger partial charge in [-0.15, -0.1) is 0 Å². The number of aliphatic imine (C=N–C) groups is 1. The van der Waals surface area contributed by atoms with Gasteiger partial charge in [0.25, 0.3) is 0 Å². The van der Waals surface area contributed by atoms with Crippen LogP contribution in [0.3, 0.4) is 0 Å². The smallest absolute Gasteiger partial charge is 0.193 e. The molecule has 0 atom stereocenters. The zero-order valence-corrected chi connectivity index (χ0v) is 14.8. The Morgan fingerprint density at radius 1 is 1.08 bits per heavy atom. The third kappa shape index (κ3) is 5.61. The molecular formula is C20H27N3O. The first-order valence-corrected chi connectivity index (χ1v) is 8.31. The monoisotopic (exact) mass is 325 g/mol. The first-order valence-electron chi connectivity index (χ1n) is 8.31. The van der Waals surface area contributed by atoms with Crippen LogP contribution < -0.4 is 10.1 Å². The maximum absolute atomic E-state index is 5.26. The van der Waals surface area contributed by atoms with E-state index in [-0.39, 0.29) is 0 Å². The van der Waals surface area contributed by atoms with Gasteiger partial charge in [-0.05, 0) is 36.1 Å². The number of hydrogen-bond acceptors (Lipinski definition) is 2.